The largest absolute Gasteiger partial charge is 0.465 e. The van der Waals surface area contributed by atoms with Crippen LogP contribution in [0.1, 0.15) is 43.6 Å². The highest BCUT2D eigenvalue weighted by Gasteiger charge is 2.23. The molecule has 146 valence electrons. The third kappa shape index (κ3) is 3.66. The van der Waals surface area contributed by atoms with Gasteiger partial charge < -0.3 is 14.1 Å². The minimum atomic E-state index is -0.474. The lowest BCUT2D eigenvalue weighted by Crippen LogP contribution is -2.27. The molecule has 3 rings (SSSR count). The summed E-state index contributed by atoms with van der Waals surface area (Å²) in [6.07, 6.45) is 0. The summed E-state index contributed by atoms with van der Waals surface area (Å²) in [6, 6.07) is 9.38. The summed E-state index contributed by atoms with van der Waals surface area (Å²) in [5.41, 5.74) is 3.23. The van der Waals surface area contributed by atoms with E-state index in [4.69, 9.17) is 9.15 Å². The fourth-order valence-corrected chi connectivity index (χ4v) is 2.88. The van der Waals surface area contributed by atoms with Gasteiger partial charge in [0.25, 0.3) is 5.91 Å². The van der Waals surface area contributed by atoms with Crippen LogP contribution in [0.25, 0.3) is 5.69 Å². The van der Waals surface area contributed by atoms with Gasteiger partial charge in [-0.1, -0.05) is 22.9 Å². The van der Waals surface area contributed by atoms with E-state index in [1.165, 1.54) is 12.0 Å². The first-order valence-electron chi connectivity index (χ1n) is 8.74. The number of nitrogens with zero attached hydrogens (tertiary/aromatic N) is 4. The molecule has 1 aromatic carbocycles. The van der Waals surface area contributed by atoms with Crippen LogP contribution in [0.15, 0.2) is 34.7 Å². The summed E-state index contributed by atoms with van der Waals surface area (Å²) >= 11 is 0. The van der Waals surface area contributed by atoms with E-state index in [2.05, 4.69) is 10.3 Å². The number of aryl methyl sites for hydroxylation is 2. The molecule has 0 fully saturated rings. The van der Waals surface area contributed by atoms with Gasteiger partial charge in [0.2, 0.25) is 0 Å². The lowest BCUT2D eigenvalue weighted by molar-refractivity contribution is 0.0598. The lowest BCUT2D eigenvalue weighted by atomic mass is 10.2. The first-order chi connectivity index (χ1) is 13.3. The Labute approximate surface area is 162 Å². The molecule has 8 heteroatoms. The summed E-state index contributed by atoms with van der Waals surface area (Å²) in [7, 11) is 2.95. The zero-order valence-electron chi connectivity index (χ0n) is 16.5. The van der Waals surface area contributed by atoms with Crippen LogP contribution in [0.4, 0.5) is 0 Å². The second-order valence-electron chi connectivity index (χ2n) is 6.61. The molecule has 0 saturated heterocycles. The van der Waals surface area contributed by atoms with E-state index >= 15 is 0 Å². The Morgan fingerprint density at radius 2 is 1.86 bits per heavy atom. The predicted molar refractivity (Wildman–Crippen MR) is 101 cm³/mol. The number of carbonyl (C=O) groups is 2. The van der Waals surface area contributed by atoms with Crippen molar-refractivity contribution in [1.82, 2.24) is 19.9 Å². The average molecular weight is 382 g/mol. The SMILES string of the molecule is COC(=O)c1cc(CN(C)C(=O)c2nnn(-c3ccc(C)cc3)c2C)oc1C. The molecule has 0 bridgehead atoms. The Balaban J connectivity index is 1.79. The normalized spacial score (nSPS) is 10.8. The fourth-order valence-electron chi connectivity index (χ4n) is 2.88. The summed E-state index contributed by atoms with van der Waals surface area (Å²) in [4.78, 5) is 26.0. The maximum Gasteiger partial charge on any atom is 0.341 e. The Kier molecular flexibility index (Phi) is 5.30. The Morgan fingerprint density at radius 3 is 2.50 bits per heavy atom. The number of methoxy groups -OCH3 is 1. The monoisotopic (exact) mass is 382 g/mol. The van der Waals surface area contributed by atoms with Gasteiger partial charge in [0.15, 0.2) is 5.69 Å². The zero-order valence-corrected chi connectivity index (χ0v) is 16.5. The van der Waals surface area contributed by atoms with E-state index in [9.17, 15) is 9.59 Å². The van der Waals surface area contributed by atoms with Crippen LogP contribution >= 0.6 is 0 Å². The number of esters is 1. The Hall–Kier alpha value is -3.42. The van der Waals surface area contributed by atoms with Crippen LogP contribution in [0.2, 0.25) is 0 Å². The summed E-state index contributed by atoms with van der Waals surface area (Å²) in [6.45, 7) is 5.67. The van der Waals surface area contributed by atoms with Crippen LogP contribution < -0.4 is 0 Å². The number of ether oxygens (including phenoxy) is 1. The number of rotatable bonds is 5. The first kappa shape index (κ1) is 19.3. The van der Waals surface area contributed by atoms with Crippen LogP contribution in [0.5, 0.6) is 0 Å². The maximum absolute atomic E-state index is 12.8. The molecule has 0 atom stereocenters. The van der Waals surface area contributed by atoms with E-state index < -0.39 is 5.97 Å². The van der Waals surface area contributed by atoms with E-state index in [1.807, 2.05) is 31.2 Å². The molecule has 0 aliphatic carbocycles. The standard InChI is InChI=1S/C20H22N4O4/c1-12-6-8-15(9-7-12)24-13(2)18(21-22-24)19(25)23(4)11-16-10-17(14(3)28-16)20(26)27-5/h6-10H,11H2,1-5H3. The van der Waals surface area contributed by atoms with Crippen molar-refractivity contribution in [2.45, 2.75) is 27.3 Å². The van der Waals surface area contributed by atoms with Crippen LogP contribution in [0, 0.1) is 20.8 Å². The number of hydrogen-bond acceptors (Lipinski definition) is 6. The number of aromatic nitrogens is 3. The van der Waals surface area contributed by atoms with Crippen molar-refractivity contribution in [1.29, 1.82) is 0 Å². The van der Waals surface area contributed by atoms with Crippen molar-refractivity contribution in [2.24, 2.45) is 0 Å². The van der Waals surface area contributed by atoms with Crippen LogP contribution in [-0.4, -0.2) is 45.9 Å². The topological polar surface area (TPSA) is 90.5 Å². The molecule has 0 spiro atoms. The van der Waals surface area contributed by atoms with Crippen molar-refractivity contribution in [2.75, 3.05) is 14.2 Å². The molecular weight excluding hydrogens is 360 g/mol. The van der Waals surface area contributed by atoms with Crippen LogP contribution in [0.3, 0.4) is 0 Å². The van der Waals surface area contributed by atoms with Crippen molar-refractivity contribution >= 4 is 11.9 Å². The highest BCUT2D eigenvalue weighted by molar-refractivity contribution is 5.93. The molecular formula is C20H22N4O4. The molecule has 0 radical (unpaired) electrons. The van der Waals surface area contributed by atoms with E-state index in [0.717, 1.165) is 11.3 Å². The van der Waals surface area contributed by atoms with Crippen molar-refractivity contribution < 1.29 is 18.7 Å². The third-order valence-electron chi connectivity index (χ3n) is 4.49. The summed E-state index contributed by atoms with van der Waals surface area (Å²) in [5, 5.41) is 8.17. The molecule has 3 aromatic rings. The second kappa shape index (κ2) is 7.67. The van der Waals surface area contributed by atoms with Gasteiger partial charge >= 0.3 is 5.97 Å². The van der Waals surface area contributed by atoms with Gasteiger partial charge in [-0.2, -0.15) is 0 Å². The number of furan rings is 1. The first-order valence-corrected chi connectivity index (χ1v) is 8.74. The average Bonchev–Trinajstić information content (AvgIpc) is 3.23. The molecule has 1 amide bonds. The minimum absolute atomic E-state index is 0.188. The molecule has 8 nitrogen and oxygen atoms in total. The zero-order chi connectivity index (χ0) is 20.4. The highest BCUT2D eigenvalue weighted by Crippen LogP contribution is 2.19. The molecule has 0 aliphatic rings. The van der Waals surface area contributed by atoms with Gasteiger partial charge in [-0.05, 0) is 39.0 Å². The smallest absolute Gasteiger partial charge is 0.341 e. The Bertz CT molecular complexity index is 1020. The predicted octanol–water partition coefficient (Wildman–Crippen LogP) is 2.84. The summed E-state index contributed by atoms with van der Waals surface area (Å²) < 4.78 is 11.9. The van der Waals surface area contributed by atoms with Crippen molar-refractivity contribution in [3.05, 3.63) is 64.4 Å². The summed E-state index contributed by atoms with van der Waals surface area (Å²) in [5.74, 6) is 0.171. The molecule has 2 heterocycles. The van der Waals surface area contributed by atoms with Gasteiger partial charge in [0.1, 0.15) is 17.1 Å². The van der Waals surface area contributed by atoms with E-state index in [-0.39, 0.29) is 18.1 Å². The van der Waals surface area contributed by atoms with Gasteiger partial charge in [0.05, 0.1) is 25.0 Å². The maximum atomic E-state index is 12.8. The molecule has 2 aromatic heterocycles. The second-order valence-corrected chi connectivity index (χ2v) is 6.61. The molecule has 0 N–H and O–H groups in total. The quantitative estimate of drug-likeness (QED) is 0.630. The Morgan fingerprint density at radius 1 is 1.18 bits per heavy atom. The van der Waals surface area contributed by atoms with E-state index in [1.54, 1.807) is 31.6 Å². The highest BCUT2D eigenvalue weighted by atomic mass is 16.5. The van der Waals surface area contributed by atoms with Crippen molar-refractivity contribution in [3.8, 4) is 5.69 Å². The number of carbonyl (C=O) groups excluding carboxylic acids is 2. The fraction of sp³-hybridized carbons (Fsp3) is 0.300. The minimum Gasteiger partial charge on any atom is -0.465 e. The van der Waals surface area contributed by atoms with Gasteiger partial charge in [0, 0.05) is 7.05 Å². The molecule has 0 saturated carbocycles. The van der Waals surface area contributed by atoms with Crippen LogP contribution in [-0.2, 0) is 11.3 Å². The van der Waals surface area contributed by atoms with E-state index in [0.29, 0.717) is 22.8 Å². The molecule has 28 heavy (non-hydrogen) atoms. The number of hydrogen-bond donors (Lipinski definition) is 0. The molecule has 0 aliphatic heterocycles. The van der Waals surface area contributed by atoms with Gasteiger partial charge in [-0.25, -0.2) is 9.48 Å². The van der Waals surface area contributed by atoms with Crippen molar-refractivity contribution in [3.63, 3.8) is 0 Å². The van der Waals surface area contributed by atoms with Gasteiger partial charge in [-0.15, -0.1) is 5.10 Å². The number of amides is 1. The van der Waals surface area contributed by atoms with Gasteiger partial charge in [-0.3, -0.25) is 4.79 Å². The third-order valence-corrected chi connectivity index (χ3v) is 4.49. The number of benzene rings is 1. The molecule has 0 unspecified atom stereocenters. The lowest BCUT2D eigenvalue weighted by Gasteiger charge is -2.14.